The fourth-order valence-corrected chi connectivity index (χ4v) is 5.11. The van der Waals surface area contributed by atoms with Crippen molar-refractivity contribution in [1.82, 2.24) is 4.90 Å². The summed E-state index contributed by atoms with van der Waals surface area (Å²) in [7, 11) is -1.15. The molecule has 0 radical (unpaired) electrons. The molecule has 2 aromatic rings. The zero-order valence-electron chi connectivity index (χ0n) is 20.4. The van der Waals surface area contributed by atoms with Gasteiger partial charge < -0.3 is 14.7 Å². The van der Waals surface area contributed by atoms with Crippen LogP contribution in [0.5, 0.6) is 0 Å². The number of morpholine rings is 1. The fourth-order valence-electron chi connectivity index (χ4n) is 3.59. The summed E-state index contributed by atoms with van der Waals surface area (Å²) >= 11 is 11.5. The van der Waals surface area contributed by atoms with Gasteiger partial charge in [0.15, 0.2) is 0 Å². The molecule has 1 aliphatic rings. The minimum absolute atomic E-state index is 0.184. The third kappa shape index (κ3) is 8.90. The summed E-state index contributed by atoms with van der Waals surface area (Å²) in [5.41, 5.74) is 0.853. The standard InChI is InChI=1S/C20H28ClNO5S.C6H5Cl/c1-5-15(12-28(26)20(2,3)4)22-16(13-6-8-14(21)9-7-13)11-27-17(19(22)25)10-18(23)24;7-6-4-2-1-3-5-6/h6-9,15-17H,5,10-12H2,1-4H3,(H,23,24);1-5H. The SMILES string of the molecule is CCC(CS(=O)C(C)(C)C)N1C(=O)C(CC(=O)O)OCC1c1ccc(Cl)cc1.Clc1ccccc1. The first-order valence-corrected chi connectivity index (χ1v) is 13.5. The van der Waals surface area contributed by atoms with E-state index in [0.29, 0.717) is 17.2 Å². The Bertz CT molecular complexity index is 995. The van der Waals surface area contributed by atoms with E-state index in [2.05, 4.69) is 0 Å². The van der Waals surface area contributed by atoms with E-state index in [9.17, 15) is 13.8 Å². The van der Waals surface area contributed by atoms with Crippen LogP contribution in [0, 0.1) is 0 Å². The van der Waals surface area contributed by atoms with Gasteiger partial charge in [-0.2, -0.15) is 0 Å². The van der Waals surface area contributed by atoms with E-state index >= 15 is 0 Å². The molecule has 1 fully saturated rings. The number of carbonyl (C=O) groups excluding carboxylic acids is 1. The third-order valence-corrected chi connectivity index (χ3v) is 8.12. The number of nitrogens with zero attached hydrogens (tertiary/aromatic N) is 1. The molecule has 0 spiro atoms. The number of ether oxygens (including phenoxy) is 1. The van der Waals surface area contributed by atoms with E-state index in [1.807, 2.05) is 70.2 Å². The summed E-state index contributed by atoms with van der Waals surface area (Å²) in [4.78, 5) is 26.0. The van der Waals surface area contributed by atoms with Crippen LogP contribution in [0.4, 0.5) is 0 Å². The topological polar surface area (TPSA) is 83.9 Å². The minimum atomic E-state index is -1.15. The number of halogens is 2. The zero-order valence-corrected chi connectivity index (χ0v) is 22.8. The molecular weight excluding hydrogens is 509 g/mol. The second-order valence-electron chi connectivity index (χ2n) is 9.21. The molecule has 1 N–H and O–H groups in total. The lowest BCUT2D eigenvalue weighted by Gasteiger charge is -2.44. The molecule has 4 atom stereocenters. The fraction of sp³-hybridized carbons (Fsp3) is 0.462. The van der Waals surface area contributed by atoms with Crippen LogP contribution in [0.25, 0.3) is 0 Å². The van der Waals surface area contributed by atoms with Crippen molar-refractivity contribution in [3.8, 4) is 0 Å². The predicted molar refractivity (Wildman–Crippen MR) is 141 cm³/mol. The summed E-state index contributed by atoms with van der Waals surface area (Å²) < 4.78 is 18.0. The summed E-state index contributed by atoms with van der Waals surface area (Å²) in [6.07, 6.45) is -0.808. The maximum absolute atomic E-state index is 13.2. The Morgan fingerprint density at radius 1 is 1.11 bits per heavy atom. The lowest BCUT2D eigenvalue weighted by atomic mass is 9.99. The van der Waals surface area contributed by atoms with Gasteiger partial charge in [-0.25, -0.2) is 0 Å². The van der Waals surface area contributed by atoms with Crippen LogP contribution in [0.3, 0.4) is 0 Å². The molecule has 9 heteroatoms. The number of rotatable bonds is 7. The highest BCUT2D eigenvalue weighted by molar-refractivity contribution is 7.86. The highest BCUT2D eigenvalue weighted by atomic mass is 35.5. The van der Waals surface area contributed by atoms with Crippen molar-refractivity contribution >= 4 is 45.9 Å². The van der Waals surface area contributed by atoms with Crippen LogP contribution in [0.15, 0.2) is 54.6 Å². The monoisotopic (exact) mass is 541 g/mol. The first kappa shape index (κ1) is 29.3. The molecular formula is C26H33Cl2NO5S. The Morgan fingerprint density at radius 2 is 1.69 bits per heavy atom. The van der Waals surface area contributed by atoms with E-state index in [4.69, 9.17) is 33.0 Å². The third-order valence-electron chi connectivity index (χ3n) is 5.56. The van der Waals surface area contributed by atoms with Gasteiger partial charge in [-0.15, -0.1) is 0 Å². The molecule has 0 bridgehead atoms. The molecule has 192 valence electrons. The van der Waals surface area contributed by atoms with Gasteiger partial charge in [0, 0.05) is 37.4 Å². The first-order valence-electron chi connectivity index (χ1n) is 11.4. The average Bonchev–Trinajstić information content (AvgIpc) is 2.79. The number of hydrogen-bond donors (Lipinski definition) is 1. The molecule has 6 nitrogen and oxygen atoms in total. The van der Waals surface area contributed by atoms with Crippen molar-refractivity contribution in [2.24, 2.45) is 0 Å². The predicted octanol–water partition coefficient (Wildman–Crippen LogP) is 5.75. The van der Waals surface area contributed by atoms with Crippen LogP contribution in [0.2, 0.25) is 10.0 Å². The van der Waals surface area contributed by atoms with Gasteiger partial charge >= 0.3 is 5.97 Å². The molecule has 1 saturated heterocycles. The molecule has 0 aromatic heterocycles. The molecule has 35 heavy (non-hydrogen) atoms. The molecule has 1 heterocycles. The van der Waals surface area contributed by atoms with Crippen LogP contribution in [0.1, 0.15) is 52.1 Å². The van der Waals surface area contributed by atoms with Crippen molar-refractivity contribution in [1.29, 1.82) is 0 Å². The summed E-state index contributed by atoms with van der Waals surface area (Å²) in [6.45, 7) is 7.84. The normalized spacial score (nSPS) is 19.9. The molecule has 1 amide bonds. The lowest BCUT2D eigenvalue weighted by molar-refractivity contribution is -0.168. The van der Waals surface area contributed by atoms with E-state index in [1.165, 1.54) is 0 Å². The van der Waals surface area contributed by atoms with Crippen LogP contribution in [-0.2, 0) is 25.1 Å². The van der Waals surface area contributed by atoms with E-state index in [-0.39, 0.29) is 31.0 Å². The number of carbonyl (C=O) groups is 2. The van der Waals surface area contributed by atoms with Crippen LogP contribution >= 0.6 is 23.2 Å². The molecule has 0 aliphatic carbocycles. The Hall–Kier alpha value is -1.93. The molecule has 1 aliphatic heterocycles. The lowest BCUT2D eigenvalue weighted by Crippen LogP contribution is -2.56. The van der Waals surface area contributed by atoms with Gasteiger partial charge in [0.1, 0.15) is 6.10 Å². The van der Waals surface area contributed by atoms with Crippen molar-refractivity contribution in [3.05, 3.63) is 70.2 Å². The Morgan fingerprint density at radius 3 is 2.14 bits per heavy atom. The van der Waals surface area contributed by atoms with E-state index in [1.54, 1.807) is 17.0 Å². The largest absolute Gasteiger partial charge is 0.481 e. The number of carboxylic acids is 1. The smallest absolute Gasteiger partial charge is 0.306 e. The number of amides is 1. The first-order chi connectivity index (χ1) is 16.4. The van der Waals surface area contributed by atoms with Crippen molar-refractivity contribution in [3.63, 3.8) is 0 Å². The second kappa shape index (κ2) is 13.4. The maximum atomic E-state index is 13.2. The average molecular weight is 543 g/mol. The quantitative estimate of drug-likeness (QED) is 0.482. The highest BCUT2D eigenvalue weighted by Gasteiger charge is 2.42. The van der Waals surface area contributed by atoms with E-state index < -0.39 is 27.6 Å². The molecule has 4 unspecified atom stereocenters. The summed E-state index contributed by atoms with van der Waals surface area (Å²) in [5.74, 6) is -1.13. The minimum Gasteiger partial charge on any atom is -0.481 e. The Kier molecular flexibility index (Phi) is 11.2. The van der Waals surface area contributed by atoms with Gasteiger partial charge in [0.2, 0.25) is 0 Å². The van der Waals surface area contributed by atoms with Crippen LogP contribution < -0.4 is 0 Å². The van der Waals surface area contributed by atoms with Gasteiger partial charge in [0.25, 0.3) is 5.91 Å². The summed E-state index contributed by atoms with van der Waals surface area (Å²) in [5, 5.41) is 10.5. The molecule has 0 saturated carbocycles. The van der Waals surface area contributed by atoms with E-state index in [0.717, 1.165) is 10.6 Å². The second-order valence-corrected chi connectivity index (χ2v) is 12.3. The van der Waals surface area contributed by atoms with Gasteiger partial charge in [-0.3, -0.25) is 13.8 Å². The molecule has 3 rings (SSSR count). The zero-order chi connectivity index (χ0) is 26.2. The number of aliphatic carboxylic acids is 1. The van der Waals surface area contributed by atoms with Gasteiger partial charge in [0.05, 0.1) is 19.1 Å². The Labute approximate surface area is 220 Å². The number of hydrogen-bond acceptors (Lipinski definition) is 4. The van der Waals surface area contributed by atoms with Crippen molar-refractivity contribution < 1.29 is 23.6 Å². The number of benzene rings is 2. The Balaban J connectivity index is 0.000000527. The van der Waals surface area contributed by atoms with Crippen molar-refractivity contribution in [2.75, 3.05) is 12.4 Å². The highest BCUT2D eigenvalue weighted by Crippen LogP contribution is 2.32. The van der Waals surface area contributed by atoms with Crippen LogP contribution in [-0.4, -0.2) is 55.3 Å². The van der Waals surface area contributed by atoms with Crippen molar-refractivity contribution in [2.45, 2.75) is 63.5 Å². The maximum Gasteiger partial charge on any atom is 0.306 e. The number of carboxylic acid groups (broad SMARTS) is 1. The molecule has 2 aromatic carbocycles. The van der Waals surface area contributed by atoms with Gasteiger partial charge in [-0.05, 0) is 57.0 Å². The van der Waals surface area contributed by atoms with Gasteiger partial charge in [-0.1, -0.05) is 60.5 Å². The summed E-state index contributed by atoms with van der Waals surface area (Å²) in [6, 6.07) is 15.9.